The van der Waals surface area contributed by atoms with Gasteiger partial charge in [-0.1, -0.05) is 54.6 Å². The van der Waals surface area contributed by atoms with E-state index in [-0.39, 0.29) is 24.0 Å². The Kier molecular flexibility index (Phi) is 10.2. The number of nitrogens with zero attached hydrogens (tertiary/aromatic N) is 4. The fraction of sp³-hybridized carbons (Fsp3) is 0.385. The molecule has 2 heterocycles. The molecule has 0 spiro atoms. The number of likely N-dealkylation sites (tertiary alicyclic amines) is 1. The highest BCUT2D eigenvalue weighted by atomic mass is 127. The zero-order valence-electron chi connectivity index (χ0n) is 19.3. The lowest BCUT2D eigenvalue weighted by Gasteiger charge is -2.22. The van der Waals surface area contributed by atoms with Gasteiger partial charge in [-0.25, -0.2) is 4.99 Å². The third-order valence-corrected chi connectivity index (χ3v) is 5.69. The average Bonchev–Trinajstić information content (AvgIpc) is 3.50. The Hall–Kier alpha value is -2.39. The molecule has 4 rings (SSSR count). The highest BCUT2D eigenvalue weighted by Crippen LogP contribution is 2.18. The summed E-state index contributed by atoms with van der Waals surface area (Å²) in [5.41, 5.74) is 3.68. The Labute approximate surface area is 214 Å². The Morgan fingerprint density at radius 2 is 1.91 bits per heavy atom. The SMILES string of the molecule is CCNC(=NCc1cccc(Cn2cccn2)c1)N1CCC(COCc2ccccc2)C1.I. The molecule has 33 heavy (non-hydrogen) atoms. The average molecular weight is 559 g/mol. The molecule has 176 valence electrons. The zero-order valence-corrected chi connectivity index (χ0v) is 21.6. The normalized spacial score (nSPS) is 16.0. The minimum atomic E-state index is 0. The molecule has 1 atom stereocenters. The van der Waals surface area contributed by atoms with Crippen molar-refractivity contribution in [3.63, 3.8) is 0 Å². The van der Waals surface area contributed by atoms with E-state index in [1.54, 1.807) is 0 Å². The van der Waals surface area contributed by atoms with Gasteiger partial charge in [0.1, 0.15) is 0 Å². The molecule has 1 aliphatic rings. The van der Waals surface area contributed by atoms with E-state index in [1.807, 2.05) is 29.2 Å². The van der Waals surface area contributed by atoms with Crippen molar-refractivity contribution in [3.8, 4) is 0 Å². The first-order valence-electron chi connectivity index (χ1n) is 11.5. The smallest absolute Gasteiger partial charge is 0.194 e. The van der Waals surface area contributed by atoms with Gasteiger partial charge >= 0.3 is 0 Å². The van der Waals surface area contributed by atoms with Crippen LogP contribution in [0.5, 0.6) is 0 Å². The minimum Gasteiger partial charge on any atom is -0.376 e. The molecule has 0 aliphatic carbocycles. The van der Waals surface area contributed by atoms with E-state index in [4.69, 9.17) is 9.73 Å². The van der Waals surface area contributed by atoms with Gasteiger partial charge in [0.2, 0.25) is 0 Å². The van der Waals surface area contributed by atoms with Crippen LogP contribution in [0.25, 0.3) is 0 Å². The number of aliphatic imine (C=N–C) groups is 1. The molecule has 1 N–H and O–H groups in total. The van der Waals surface area contributed by atoms with Crippen molar-refractivity contribution in [1.82, 2.24) is 20.0 Å². The van der Waals surface area contributed by atoms with Crippen LogP contribution in [0.1, 0.15) is 30.0 Å². The first-order chi connectivity index (χ1) is 15.8. The number of hydrogen-bond acceptors (Lipinski definition) is 3. The number of nitrogens with one attached hydrogen (secondary N) is 1. The van der Waals surface area contributed by atoms with E-state index >= 15 is 0 Å². The van der Waals surface area contributed by atoms with Crippen LogP contribution in [0, 0.1) is 5.92 Å². The highest BCUT2D eigenvalue weighted by Gasteiger charge is 2.25. The standard InChI is InChI=1S/C26H33N5O.HI/c1-2-27-26(28-17-23-10-6-11-24(16-23)19-31-14-7-13-29-31)30-15-12-25(18-30)21-32-20-22-8-4-3-5-9-22;/h3-11,13-14,16,25H,2,12,15,17-21H2,1H3,(H,27,28);1H. The number of aromatic nitrogens is 2. The Morgan fingerprint density at radius 3 is 2.70 bits per heavy atom. The molecule has 0 amide bonds. The maximum absolute atomic E-state index is 5.98. The molecule has 3 aromatic rings. The summed E-state index contributed by atoms with van der Waals surface area (Å²) in [4.78, 5) is 7.30. The number of ether oxygens (including phenoxy) is 1. The monoisotopic (exact) mass is 559 g/mol. The predicted molar refractivity (Wildman–Crippen MR) is 144 cm³/mol. The molecule has 1 aliphatic heterocycles. The van der Waals surface area contributed by atoms with E-state index in [0.29, 0.717) is 19.1 Å². The van der Waals surface area contributed by atoms with Crippen molar-refractivity contribution in [2.75, 3.05) is 26.2 Å². The number of rotatable bonds is 9. The minimum absolute atomic E-state index is 0. The second kappa shape index (κ2) is 13.3. The van der Waals surface area contributed by atoms with Gasteiger partial charge in [0, 0.05) is 37.9 Å². The van der Waals surface area contributed by atoms with Gasteiger partial charge in [0.25, 0.3) is 0 Å². The molecule has 0 radical (unpaired) electrons. The summed E-state index contributed by atoms with van der Waals surface area (Å²) in [6.07, 6.45) is 4.94. The molecule has 0 saturated carbocycles. The van der Waals surface area contributed by atoms with Gasteiger partial charge < -0.3 is 15.0 Å². The highest BCUT2D eigenvalue weighted by molar-refractivity contribution is 14.0. The molecule has 2 aromatic carbocycles. The maximum atomic E-state index is 5.98. The van der Waals surface area contributed by atoms with E-state index in [1.165, 1.54) is 16.7 Å². The van der Waals surface area contributed by atoms with Crippen LogP contribution in [-0.4, -0.2) is 46.9 Å². The van der Waals surface area contributed by atoms with E-state index < -0.39 is 0 Å². The fourth-order valence-electron chi connectivity index (χ4n) is 4.08. The third kappa shape index (κ3) is 7.85. The fourth-order valence-corrected chi connectivity index (χ4v) is 4.08. The molecule has 1 fully saturated rings. The van der Waals surface area contributed by atoms with Gasteiger partial charge in [-0.05, 0) is 36.1 Å². The quantitative estimate of drug-likeness (QED) is 0.238. The van der Waals surface area contributed by atoms with E-state index in [2.05, 4.69) is 70.8 Å². The van der Waals surface area contributed by atoms with Crippen LogP contribution in [0.15, 0.2) is 78.0 Å². The molecule has 1 aromatic heterocycles. The second-order valence-corrected chi connectivity index (χ2v) is 8.30. The number of guanidine groups is 1. The maximum Gasteiger partial charge on any atom is 0.194 e. The summed E-state index contributed by atoms with van der Waals surface area (Å²) < 4.78 is 7.92. The predicted octanol–water partition coefficient (Wildman–Crippen LogP) is 4.55. The van der Waals surface area contributed by atoms with Crippen LogP contribution in [0.3, 0.4) is 0 Å². The first kappa shape index (κ1) is 25.2. The zero-order chi connectivity index (χ0) is 22.0. The second-order valence-electron chi connectivity index (χ2n) is 8.30. The van der Waals surface area contributed by atoms with E-state index in [9.17, 15) is 0 Å². The Balaban J connectivity index is 0.00000306. The summed E-state index contributed by atoms with van der Waals surface area (Å²) in [7, 11) is 0. The Morgan fingerprint density at radius 1 is 1.09 bits per heavy atom. The summed E-state index contributed by atoms with van der Waals surface area (Å²) >= 11 is 0. The third-order valence-electron chi connectivity index (χ3n) is 5.69. The molecule has 7 heteroatoms. The van der Waals surface area contributed by atoms with Gasteiger partial charge in [0.15, 0.2) is 5.96 Å². The van der Waals surface area contributed by atoms with Gasteiger partial charge in [-0.2, -0.15) is 5.10 Å². The Bertz CT molecular complexity index is 977. The van der Waals surface area contributed by atoms with Gasteiger partial charge in [-0.15, -0.1) is 24.0 Å². The number of hydrogen-bond donors (Lipinski definition) is 1. The number of benzene rings is 2. The molecule has 1 unspecified atom stereocenters. The molecular formula is C26H34IN5O. The van der Waals surface area contributed by atoms with Crippen LogP contribution < -0.4 is 5.32 Å². The first-order valence-corrected chi connectivity index (χ1v) is 11.5. The lowest BCUT2D eigenvalue weighted by molar-refractivity contribution is 0.0906. The molecule has 1 saturated heterocycles. The van der Waals surface area contributed by atoms with Crippen LogP contribution in [0.4, 0.5) is 0 Å². The molecule has 0 bridgehead atoms. The van der Waals surface area contributed by atoms with Crippen LogP contribution >= 0.6 is 24.0 Å². The van der Waals surface area contributed by atoms with Crippen molar-refractivity contribution < 1.29 is 4.74 Å². The van der Waals surface area contributed by atoms with Crippen molar-refractivity contribution in [1.29, 1.82) is 0 Å². The van der Waals surface area contributed by atoms with Crippen molar-refractivity contribution in [2.24, 2.45) is 10.9 Å². The lowest BCUT2D eigenvalue weighted by Crippen LogP contribution is -2.40. The van der Waals surface area contributed by atoms with Crippen LogP contribution in [-0.2, 0) is 24.4 Å². The molecular weight excluding hydrogens is 525 g/mol. The van der Waals surface area contributed by atoms with Crippen molar-refractivity contribution >= 4 is 29.9 Å². The van der Waals surface area contributed by atoms with Gasteiger partial charge in [-0.3, -0.25) is 4.68 Å². The van der Waals surface area contributed by atoms with Crippen molar-refractivity contribution in [2.45, 2.75) is 33.0 Å². The largest absolute Gasteiger partial charge is 0.376 e. The summed E-state index contributed by atoms with van der Waals surface area (Å²) in [5.74, 6) is 1.54. The van der Waals surface area contributed by atoms with Crippen molar-refractivity contribution in [3.05, 3.63) is 89.7 Å². The summed E-state index contributed by atoms with van der Waals surface area (Å²) in [6, 6.07) is 20.9. The lowest BCUT2D eigenvalue weighted by atomic mass is 10.1. The van der Waals surface area contributed by atoms with E-state index in [0.717, 1.165) is 45.2 Å². The summed E-state index contributed by atoms with van der Waals surface area (Å²) in [5, 5.41) is 7.77. The van der Waals surface area contributed by atoms with Gasteiger partial charge in [0.05, 0.1) is 26.3 Å². The number of halogens is 1. The molecule has 6 nitrogen and oxygen atoms in total. The topological polar surface area (TPSA) is 54.7 Å². The van der Waals surface area contributed by atoms with Crippen LogP contribution in [0.2, 0.25) is 0 Å². The summed E-state index contributed by atoms with van der Waals surface area (Å²) in [6.45, 7) is 7.91.